The number of nitrogens with one attached hydrogen (secondary N) is 1. The second-order valence-corrected chi connectivity index (χ2v) is 5.27. The summed E-state index contributed by atoms with van der Waals surface area (Å²) >= 11 is 0. The van der Waals surface area contributed by atoms with Gasteiger partial charge in [0.1, 0.15) is 11.8 Å². The van der Waals surface area contributed by atoms with E-state index in [4.69, 9.17) is 4.74 Å². The molecule has 0 radical (unpaired) electrons. The largest absolute Gasteiger partial charge is 0.494 e. The Morgan fingerprint density at radius 2 is 2.09 bits per heavy atom. The van der Waals surface area contributed by atoms with Gasteiger partial charge in [0.25, 0.3) is 0 Å². The Morgan fingerprint density at radius 1 is 1.26 bits per heavy atom. The summed E-state index contributed by atoms with van der Waals surface area (Å²) in [7, 11) is 0. The molecule has 0 bridgehead atoms. The Kier molecular flexibility index (Phi) is 4.28. The third-order valence-corrected chi connectivity index (χ3v) is 3.69. The van der Waals surface area contributed by atoms with Crippen LogP contribution in [0.1, 0.15) is 19.9 Å². The van der Waals surface area contributed by atoms with Crippen LogP contribution >= 0.6 is 0 Å². The molecule has 23 heavy (non-hydrogen) atoms. The molecule has 5 heteroatoms. The van der Waals surface area contributed by atoms with Crippen LogP contribution in [0.2, 0.25) is 0 Å². The van der Waals surface area contributed by atoms with Gasteiger partial charge in [0.05, 0.1) is 24.0 Å². The van der Waals surface area contributed by atoms with Crippen molar-refractivity contribution in [3.63, 3.8) is 0 Å². The van der Waals surface area contributed by atoms with Crippen LogP contribution in [0.4, 0.5) is 5.69 Å². The summed E-state index contributed by atoms with van der Waals surface area (Å²) in [5, 5.41) is 2.93. The minimum absolute atomic E-state index is 0.0956. The van der Waals surface area contributed by atoms with Gasteiger partial charge in [-0.1, -0.05) is 18.2 Å². The molecule has 0 aliphatic rings. The van der Waals surface area contributed by atoms with E-state index >= 15 is 0 Å². The molecule has 3 rings (SSSR count). The van der Waals surface area contributed by atoms with Crippen molar-refractivity contribution < 1.29 is 9.53 Å². The lowest BCUT2D eigenvalue weighted by atomic mass is 10.2. The van der Waals surface area contributed by atoms with Gasteiger partial charge >= 0.3 is 0 Å². The van der Waals surface area contributed by atoms with Crippen LogP contribution in [-0.2, 0) is 4.79 Å². The molecule has 0 aliphatic carbocycles. The minimum atomic E-state index is -0.363. The fourth-order valence-electron chi connectivity index (χ4n) is 2.49. The molecular formula is C18H19N3O2. The number of rotatable bonds is 5. The smallest absolute Gasteiger partial charge is 0.247 e. The summed E-state index contributed by atoms with van der Waals surface area (Å²) in [5.41, 5.74) is 2.54. The van der Waals surface area contributed by atoms with E-state index in [1.807, 2.05) is 66.9 Å². The molecule has 5 nitrogen and oxygen atoms in total. The highest BCUT2D eigenvalue weighted by molar-refractivity contribution is 5.94. The third kappa shape index (κ3) is 3.18. The molecule has 1 heterocycles. The first-order chi connectivity index (χ1) is 11.2. The summed E-state index contributed by atoms with van der Waals surface area (Å²) in [6.45, 7) is 4.38. The molecule has 1 atom stereocenters. The molecular weight excluding hydrogens is 290 g/mol. The molecule has 0 aliphatic heterocycles. The molecule has 0 saturated carbocycles. The van der Waals surface area contributed by atoms with E-state index < -0.39 is 0 Å². The lowest BCUT2D eigenvalue weighted by Crippen LogP contribution is -2.23. The molecule has 1 unspecified atom stereocenters. The highest BCUT2D eigenvalue weighted by Gasteiger charge is 2.17. The zero-order chi connectivity index (χ0) is 16.2. The Morgan fingerprint density at radius 3 is 2.91 bits per heavy atom. The van der Waals surface area contributed by atoms with E-state index in [1.54, 1.807) is 6.33 Å². The van der Waals surface area contributed by atoms with E-state index in [-0.39, 0.29) is 11.9 Å². The number of para-hydroxylation sites is 2. The monoisotopic (exact) mass is 309 g/mol. The lowest BCUT2D eigenvalue weighted by Gasteiger charge is -2.15. The number of fused-ring (bicyclic) bond motifs is 1. The summed E-state index contributed by atoms with van der Waals surface area (Å²) in [4.78, 5) is 16.9. The number of hydrogen-bond donors (Lipinski definition) is 1. The second kappa shape index (κ2) is 6.52. The van der Waals surface area contributed by atoms with Crippen LogP contribution in [0.15, 0.2) is 54.9 Å². The maximum Gasteiger partial charge on any atom is 0.247 e. The number of amides is 1. The number of carbonyl (C=O) groups excluding carboxylic acids is 1. The van der Waals surface area contributed by atoms with Gasteiger partial charge in [-0.05, 0) is 38.1 Å². The number of hydrogen-bond acceptors (Lipinski definition) is 3. The summed E-state index contributed by atoms with van der Waals surface area (Å²) in [6, 6.07) is 14.8. The number of aromatic nitrogens is 2. The van der Waals surface area contributed by atoms with Crippen molar-refractivity contribution in [3.8, 4) is 5.75 Å². The summed E-state index contributed by atoms with van der Waals surface area (Å²) in [6.07, 6.45) is 1.70. The van der Waals surface area contributed by atoms with Gasteiger partial charge in [0.2, 0.25) is 5.91 Å². The van der Waals surface area contributed by atoms with E-state index in [0.29, 0.717) is 6.61 Å². The number of benzene rings is 2. The average Bonchev–Trinajstić information content (AvgIpc) is 2.99. The Balaban J connectivity index is 1.79. The quantitative estimate of drug-likeness (QED) is 0.783. The van der Waals surface area contributed by atoms with Crippen LogP contribution in [0.25, 0.3) is 11.0 Å². The van der Waals surface area contributed by atoms with Gasteiger partial charge in [0.15, 0.2) is 0 Å². The van der Waals surface area contributed by atoms with Crippen LogP contribution in [0.5, 0.6) is 5.75 Å². The Labute approximate surface area is 134 Å². The van der Waals surface area contributed by atoms with Crippen LogP contribution in [0, 0.1) is 0 Å². The summed E-state index contributed by atoms with van der Waals surface area (Å²) < 4.78 is 7.32. The molecule has 118 valence electrons. The number of carbonyl (C=O) groups is 1. The maximum atomic E-state index is 12.5. The fourth-order valence-corrected chi connectivity index (χ4v) is 2.49. The minimum Gasteiger partial charge on any atom is -0.494 e. The fraction of sp³-hybridized carbons (Fsp3) is 0.222. The Bertz CT molecular complexity index is 826. The van der Waals surface area contributed by atoms with Gasteiger partial charge in [0, 0.05) is 11.8 Å². The van der Waals surface area contributed by atoms with E-state index in [9.17, 15) is 4.79 Å². The van der Waals surface area contributed by atoms with Gasteiger partial charge in [-0.15, -0.1) is 0 Å². The molecule has 0 spiro atoms. The number of nitrogens with zero attached hydrogens (tertiary/aromatic N) is 2. The SMILES string of the molecule is CCOc1cccc(NC(=O)C(C)n2cnc3ccccc32)c1. The van der Waals surface area contributed by atoms with Crippen LogP contribution < -0.4 is 10.1 Å². The van der Waals surface area contributed by atoms with Crippen molar-refractivity contribution in [2.24, 2.45) is 0 Å². The normalized spacial score (nSPS) is 12.1. The molecule has 3 aromatic rings. The summed E-state index contributed by atoms with van der Waals surface area (Å²) in [5.74, 6) is 0.646. The van der Waals surface area contributed by atoms with Crippen molar-refractivity contribution in [2.45, 2.75) is 19.9 Å². The maximum absolute atomic E-state index is 12.5. The topological polar surface area (TPSA) is 56.1 Å². The third-order valence-electron chi connectivity index (χ3n) is 3.69. The standard InChI is InChI=1S/C18H19N3O2/c1-3-23-15-8-6-7-14(11-15)20-18(22)13(2)21-12-19-16-9-4-5-10-17(16)21/h4-13H,3H2,1-2H3,(H,20,22). The van der Waals surface area contributed by atoms with Crippen molar-refractivity contribution in [2.75, 3.05) is 11.9 Å². The average molecular weight is 309 g/mol. The first kappa shape index (κ1) is 15.1. The van der Waals surface area contributed by atoms with Crippen molar-refractivity contribution in [1.82, 2.24) is 9.55 Å². The van der Waals surface area contributed by atoms with Crippen LogP contribution in [0.3, 0.4) is 0 Å². The molecule has 1 N–H and O–H groups in total. The lowest BCUT2D eigenvalue weighted by molar-refractivity contribution is -0.118. The highest BCUT2D eigenvalue weighted by Crippen LogP contribution is 2.21. The van der Waals surface area contributed by atoms with Crippen LogP contribution in [-0.4, -0.2) is 22.1 Å². The van der Waals surface area contributed by atoms with Gasteiger partial charge in [-0.25, -0.2) is 4.98 Å². The van der Waals surface area contributed by atoms with Gasteiger partial charge in [-0.2, -0.15) is 0 Å². The predicted octanol–water partition coefficient (Wildman–Crippen LogP) is 3.63. The zero-order valence-corrected chi connectivity index (χ0v) is 13.2. The van der Waals surface area contributed by atoms with Crippen molar-refractivity contribution >= 4 is 22.6 Å². The van der Waals surface area contributed by atoms with E-state index in [1.165, 1.54) is 0 Å². The second-order valence-electron chi connectivity index (χ2n) is 5.27. The van der Waals surface area contributed by atoms with Crippen molar-refractivity contribution in [1.29, 1.82) is 0 Å². The first-order valence-electron chi connectivity index (χ1n) is 7.64. The van der Waals surface area contributed by atoms with E-state index in [2.05, 4.69) is 10.3 Å². The molecule has 0 fully saturated rings. The Hall–Kier alpha value is -2.82. The van der Waals surface area contributed by atoms with Crippen molar-refractivity contribution in [3.05, 3.63) is 54.9 Å². The first-order valence-corrected chi connectivity index (χ1v) is 7.64. The highest BCUT2D eigenvalue weighted by atomic mass is 16.5. The van der Waals surface area contributed by atoms with Gasteiger partial charge in [-0.3, -0.25) is 4.79 Å². The molecule has 2 aromatic carbocycles. The molecule has 1 aromatic heterocycles. The predicted molar refractivity (Wildman–Crippen MR) is 90.7 cm³/mol. The molecule has 0 saturated heterocycles. The molecule has 1 amide bonds. The zero-order valence-electron chi connectivity index (χ0n) is 13.2. The number of ether oxygens (including phenoxy) is 1. The van der Waals surface area contributed by atoms with E-state index in [0.717, 1.165) is 22.5 Å². The van der Waals surface area contributed by atoms with Gasteiger partial charge < -0.3 is 14.6 Å². The number of imidazole rings is 1. The number of anilines is 1.